The van der Waals surface area contributed by atoms with Crippen LogP contribution in [0.3, 0.4) is 0 Å². The number of rotatable bonds is 6. The molecule has 3 amide bonds. The number of nitrogens with one attached hydrogen (secondary N) is 1. The van der Waals surface area contributed by atoms with E-state index in [4.69, 9.17) is 21.1 Å². The Labute approximate surface area is 191 Å². The number of amides is 3. The fraction of sp³-hybridized carbons (Fsp3) is 0.120. The molecule has 0 atom stereocenters. The van der Waals surface area contributed by atoms with Crippen LogP contribution < -0.4 is 19.7 Å². The summed E-state index contributed by atoms with van der Waals surface area (Å²) in [5, 5.41) is 3.04. The summed E-state index contributed by atoms with van der Waals surface area (Å²) in [5.41, 5.74) is 3.47. The Morgan fingerprint density at radius 1 is 1.00 bits per heavy atom. The van der Waals surface area contributed by atoms with Crippen LogP contribution in [0.4, 0.5) is 10.5 Å². The lowest BCUT2D eigenvalue weighted by molar-refractivity contribution is -0.113. The Kier molecular flexibility index (Phi) is 6.14. The van der Waals surface area contributed by atoms with Crippen molar-refractivity contribution < 1.29 is 19.1 Å². The quantitative estimate of drug-likeness (QED) is 0.408. The molecule has 0 bridgehead atoms. The van der Waals surface area contributed by atoms with E-state index in [0.29, 0.717) is 34.4 Å². The van der Waals surface area contributed by atoms with Crippen molar-refractivity contribution in [3.05, 3.63) is 94.1 Å². The molecule has 1 aliphatic rings. The van der Waals surface area contributed by atoms with Crippen LogP contribution in [-0.2, 0) is 11.4 Å². The molecule has 3 aromatic carbocycles. The van der Waals surface area contributed by atoms with E-state index in [0.717, 1.165) is 10.5 Å². The van der Waals surface area contributed by atoms with E-state index in [1.807, 2.05) is 31.2 Å². The first-order chi connectivity index (χ1) is 15.4. The SMILES string of the molecule is COc1cc(/C=C2\NC(=O)N(c3cccc(Cl)c3)C2=O)ccc1OCc1ccc(C)cc1. The van der Waals surface area contributed by atoms with Gasteiger partial charge in [-0.1, -0.05) is 53.6 Å². The van der Waals surface area contributed by atoms with E-state index < -0.39 is 11.9 Å². The van der Waals surface area contributed by atoms with Crippen LogP contribution in [0.1, 0.15) is 16.7 Å². The van der Waals surface area contributed by atoms with Gasteiger partial charge in [-0.2, -0.15) is 0 Å². The van der Waals surface area contributed by atoms with Gasteiger partial charge in [0.1, 0.15) is 12.3 Å². The molecule has 0 radical (unpaired) electrons. The summed E-state index contributed by atoms with van der Waals surface area (Å²) in [4.78, 5) is 26.2. The lowest BCUT2D eigenvalue weighted by atomic mass is 10.1. The summed E-state index contributed by atoms with van der Waals surface area (Å²) < 4.78 is 11.4. The van der Waals surface area contributed by atoms with Gasteiger partial charge < -0.3 is 14.8 Å². The minimum absolute atomic E-state index is 0.158. The molecule has 162 valence electrons. The van der Waals surface area contributed by atoms with Crippen molar-refractivity contribution >= 4 is 35.3 Å². The summed E-state index contributed by atoms with van der Waals surface area (Å²) in [6.45, 7) is 2.44. The number of anilines is 1. The Morgan fingerprint density at radius 3 is 2.50 bits per heavy atom. The van der Waals surface area contributed by atoms with E-state index in [1.165, 1.54) is 5.56 Å². The molecule has 1 N–H and O–H groups in total. The number of ether oxygens (including phenoxy) is 2. The molecule has 1 heterocycles. The summed E-state index contributed by atoms with van der Waals surface area (Å²) in [6.07, 6.45) is 1.59. The van der Waals surface area contributed by atoms with Crippen molar-refractivity contribution in [2.24, 2.45) is 0 Å². The van der Waals surface area contributed by atoms with Crippen LogP contribution >= 0.6 is 11.6 Å². The van der Waals surface area contributed by atoms with Crippen LogP contribution in [-0.4, -0.2) is 19.0 Å². The van der Waals surface area contributed by atoms with Crippen molar-refractivity contribution in [3.8, 4) is 11.5 Å². The van der Waals surface area contributed by atoms with Gasteiger partial charge >= 0.3 is 6.03 Å². The Balaban J connectivity index is 1.53. The van der Waals surface area contributed by atoms with Crippen molar-refractivity contribution in [2.75, 3.05) is 12.0 Å². The third kappa shape index (κ3) is 4.60. The fourth-order valence-corrected chi connectivity index (χ4v) is 3.47. The van der Waals surface area contributed by atoms with Crippen LogP contribution in [0.2, 0.25) is 5.02 Å². The molecular weight excluding hydrogens is 428 g/mol. The molecule has 0 saturated carbocycles. The summed E-state index contributed by atoms with van der Waals surface area (Å²) >= 11 is 5.99. The van der Waals surface area contributed by atoms with Gasteiger partial charge in [0, 0.05) is 5.02 Å². The van der Waals surface area contributed by atoms with Gasteiger partial charge in [0.25, 0.3) is 5.91 Å². The fourth-order valence-electron chi connectivity index (χ4n) is 3.29. The maximum atomic E-state index is 12.8. The standard InChI is InChI=1S/C25H21ClN2O4/c1-16-6-8-17(9-7-16)15-32-22-11-10-18(13-23(22)31-2)12-21-24(29)28(25(30)27-21)20-5-3-4-19(26)14-20/h3-14H,15H2,1-2H3,(H,27,30)/b21-12-. The normalized spacial score (nSPS) is 14.6. The topological polar surface area (TPSA) is 67.9 Å². The molecule has 0 unspecified atom stereocenters. The second kappa shape index (κ2) is 9.16. The smallest absolute Gasteiger partial charge is 0.333 e. The maximum absolute atomic E-state index is 12.8. The molecule has 3 aromatic rings. The van der Waals surface area contributed by atoms with E-state index in [1.54, 1.807) is 55.7 Å². The lowest BCUT2D eigenvalue weighted by Gasteiger charge is -2.12. The second-order valence-corrected chi connectivity index (χ2v) is 7.73. The number of benzene rings is 3. The first-order valence-corrected chi connectivity index (χ1v) is 10.3. The molecule has 4 rings (SSSR count). The number of hydrogen-bond donors (Lipinski definition) is 1. The minimum atomic E-state index is -0.534. The Hall–Kier alpha value is -3.77. The highest BCUT2D eigenvalue weighted by Crippen LogP contribution is 2.31. The molecular formula is C25H21ClN2O4. The number of nitrogens with zero attached hydrogens (tertiary/aromatic N) is 1. The van der Waals surface area contributed by atoms with Gasteiger partial charge in [-0.25, -0.2) is 9.69 Å². The maximum Gasteiger partial charge on any atom is 0.333 e. The molecule has 7 heteroatoms. The average molecular weight is 449 g/mol. The van der Waals surface area contributed by atoms with Crippen molar-refractivity contribution in [1.82, 2.24) is 5.32 Å². The first kappa shape index (κ1) is 21.5. The second-order valence-electron chi connectivity index (χ2n) is 7.29. The zero-order valence-corrected chi connectivity index (χ0v) is 18.3. The van der Waals surface area contributed by atoms with Crippen LogP contribution in [0.15, 0.2) is 72.4 Å². The van der Waals surface area contributed by atoms with Crippen LogP contribution in [0.5, 0.6) is 11.5 Å². The molecule has 0 aliphatic carbocycles. The van der Waals surface area contributed by atoms with Crippen molar-refractivity contribution in [1.29, 1.82) is 0 Å². The van der Waals surface area contributed by atoms with Gasteiger partial charge in [0.05, 0.1) is 12.8 Å². The first-order valence-electron chi connectivity index (χ1n) is 9.93. The zero-order chi connectivity index (χ0) is 22.7. The Bertz CT molecular complexity index is 1200. The molecule has 32 heavy (non-hydrogen) atoms. The minimum Gasteiger partial charge on any atom is -0.493 e. The number of halogens is 1. The van der Waals surface area contributed by atoms with E-state index in [2.05, 4.69) is 5.32 Å². The molecule has 0 spiro atoms. The average Bonchev–Trinajstić information content (AvgIpc) is 3.06. The van der Waals surface area contributed by atoms with Crippen molar-refractivity contribution in [2.45, 2.75) is 13.5 Å². The monoisotopic (exact) mass is 448 g/mol. The van der Waals surface area contributed by atoms with E-state index >= 15 is 0 Å². The van der Waals surface area contributed by atoms with Crippen molar-refractivity contribution in [3.63, 3.8) is 0 Å². The molecule has 0 aromatic heterocycles. The van der Waals surface area contributed by atoms with Gasteiger partial charge in [0.2, 0.25) is 0 Å². The molecule has 6 nitrogen and oxygen atoms in total. The largest absolute Gasteiger partial charge is 0.493 e. The molecule has 1 aliphatic heterocycles. The van der Waals surface area contributed by atoms with E-state index in [9.17, 15) is 9.59 Å². The predicted octanol–water partition coefficient (Wildman–Crippen LogP) is 5.33. The van der Waals surface area contributed by atoms with Crippen LogP contribution in [0.25, 0.3) is 6.08 Å². The highest BCUT2D eigenvalue weighted by atomic mass is 35.5. The summed E-state index contributed by atoms with van der Waals surface area (Å²) in [5.74, 6) is 0.642. The number of carbonyl (C=O) groups is 2. The number of hydrogen-bond acceptors (Lipinski definition) is 4. The highest BCUT2D eigenvalue weighted by molar-refractivity contribution is 6.32. The Morgan fingerprint density at radius 2 is 1.78 bits per heavy atom. The summed E-state index contributed by atoms with van der Waals surface area (Å²) in [6, 6.07) is 19.4. The van der Waals surface area contributed by atoms with Gasteiger partial charge in [-0.3, -0.25) is 4.79 Å². The summed E-state index contributed by atoms with van der Waals surface area (Å²) in [7, 11) is 1.55. The molecule has 1 saturated heterocycles. The zero-order valence-electron chi connectivity index (χ0n) is 17.6. The van der Waals surface area contributed by atoms with Gasteiger partial charge in [-0.05, 0) is 54.5 Å². The third-order valence-corrected chi connectivity index (χ3v) is 5.19. The lowest BCUT2D eigenvalue weighted by Crippen LogP contribution is -2.30. The number of imide groups is 1. The highest BCUT2D eigenvalue weighted by Gasteiger charge is 2.34. The van der Waals surface area contributed by atoms with Crippen LogP contribution in [0, 0.1) is 6.92 Å². The third-order valence-electron chi connectivity index (χ3n) is 4.96. The number of methoxy groups -OCH3 is 1. The number of carbonyl (C=O) groups excluding carboxylic acids is 2. The number of urea groups is 1. The molecule has 1 fully saturated rings. The van der Waals surface area contributed by atoms with Gasteiger partial charge in [0.15, 0.2) is 11.5 Å². The van der Waals surface area contributed by atoms with Gasteiger partial charge in [-0.15, -0.1) is 0 Å². The van der Waals surface area contributed by atoms with E-state index in [-0.39, 0.29) is 5.70 Å². The number of aryl methyl sites for hydroxylation is 1. The predicted molar refractivity (Wildman–Crippen MR) is 124 cm³/mol.